The summed E-state index contributed by atoms with van der Waals surface area (Å²) in [6, 6.07) is -0.300. The van der Waals surface area contributed by atoms with Crippen molar-refractivity contribution in [2.45, 2.75) is 90.3 Å². The number of hydrogen-bond acceptors (Lipinski definition) is 6. The fraction of sp³-hybridized carbons (Fsp3) is 0.808. The number of thiazole rings is 1. The molecule has 190 valence electrons. The van der Waals surface area contributed by atoms with E-state index in [-0.39, 0.29) is 23.3 Å². The molecule has 3 saturated heterocycles. The van der Waals surface area contributed by atoms with Gasteiger partial charge in [-0.05, 0) is 64.0 Å². The van der Waals surface area contributed by atoms with Crippen LogP contribution >= 0.6 is 11.3 Å². The largest absolute Gasteiger partial charge is 0.379 e. The lowest BCUT2D eigenvalue weighted by Crippen LogP contribution is -2.56. The predicted octanol–water partition coefficient (Wildman–Crippen LogP) is 3.84. The quantitative estimate of drug-likeness (QED) is 0.694. The number of aromatic nitrogens is 1. The molecule has 1 spiro atoms. The molecule has 3 aliphatic heterocycles. The summed E-state index contributed by atoms with van der Waals surface area (Å²) >= 11 is 1.63. The Morgan fingerprint density at radius 2 is 1.97 bits per heavy atom. The third-order valence-electron chi connectivity index (χ3n) is 7.89. The Morgan fingerprint density at radius 3 is 2.71 bits per heavy atom. The number of carbonyl (C=O) groups is 2. The summed E-state index contributed by atoms with van der Waals surface area (Å²) in [5.41, 5.74) is 2.61. The Bertz CT molecular complexity index is 792. The Balaban J connectivity index is 1.49. The van der Waals surface area contributed by atoms with Crippen LogP contribution in [-0.4, -0.2) is 71.5 Å². The van der Waals surface area contributed by atoms with E-state index in [4.69, 9.17) is 4.74 Å². The zero-order valence-electron chi connectivity index (χ0n) is 21.0. The number of likely N-dealkylation sites (tertiary alicyclic amines) is 1. The van der Waals surface area contributed by atoms with Gasteiger partial charge >= 0.3 is 0 Å². The SMILES string of the molecule is CC(C)C[C@@H]1NC(=O)C2(CCCCCOC[C@@H]3CCCN3C1=O)CCN(Cc1cscn1)CC2. The van der Waals surface area contributed by atoms with Crippen LogP contribution in [0, 0.1) is 11.3 Å². The second-order valence-corrected chi connectivity index (χ2v) is 11.6. The van der Waals surface area contributed by atoms with E-state index < -0.39 is 6.04 Å². The zero-order valence-corrected chi connectivity index (χ0v) is 21.8. The number of fused-ring (bicyclic) bond motifs is 1. The van der Waals surface area contributed by atoms with Gasteiger partial charge < -0.3 is 15.0 Å². The molecule has 8 heteroatoms. The predicted molar refractivity (Wildman–Crippen MR) is 134 cm³/mol. The van der Waals surface area contributed by atoms with Crippen molar-refractivity contribution in [3.8, 4) is 0 Å². The zero-order chi connectivity index (χ0) is 24.0. The van der Waals surface area contributed by atoms with E-state index in [2.05, 4.69) is 34.4 Å². The van der Waals surface area contributed by atoms with Crippen LogP contribution in [0.5, 0.6) is 0 Å². The highest BCUT2D eigenvalue weighted by atomic mass is 32.1. The van der Waals surface area contributed by atoms with E-state index in [1.165, 1.54) is 0 Å². The van der Waals surface area contributed by atoms with E-state index in [0.717, 1.165) is 89.8 Å². The van der Waals surface area contributed by atoms with E-state index in [9.17, 15) is 9.59 Å². The van der Waals surface area contributed by atoms with Crippen molar-refractivity contribution in [3.63, 3.8) is 0 Å². The molecule has 3 aliphatic rings. The minimum absolute atomic E-state index is 0.0846. The minimum atomic E-state index is -0.444. The first-order valence-electron chi connectivity index (χ1n) is 13.3. The molecule has 1 aromatic rings. The summed E-state index contributed by atoms with van der Waals surface area (Å²) in [7, 11) is 0. The average Bonchev–Trinajstić information content (AvgIpc) is 3.50. The van der Waals surface area contributed by atoms with Gasteiger partial charge in [-0.3, -0.25) is 14.5 Å². The molecule has 0 radical (unpaired) electrons. The molecular weight excluding hydrogens is 448 g/mol. The molecule has 2 atom stereocenters. The van der Waals surface area contributed by atoms with Gasteiger partial charge in [0.2, 0.25) is 11.8 Å². The van der Waals surface area contributed by atoms with Crippen molar-refractivity contribution >= 4 is 23.2 Å². The Morgan fingerprint density at radius 1 is 1.15 bits per heavy atom. The van der Waals surface area contributed by atoms with Gasteiger partial charge in [0.1, 0.15) is 6.04 Å². The molecule has 0 saturated carbocycles. The van der Waals surface area contributed by atoms with Crippen LogP contribution in [0.3, 0.4) is 0 Å². The second-order valence-electron chi connectivity index (χ2n) is 10.9. The van der Waals surface area contributed by atoms with Crippen LogP contribution in [0.15, 0.2) is 10.9 Å². The Hall–Kier alpha value is -1.51. The molecule has 4 rings (SSSR count). The van der Waals surface area contributed by atoms with Gasteiger partial charge in [0, 0.05) is 25.1 Å². The van der Waals surface area contributed by atoms with Crippen molar-refractivity contribution in [2.75, 3.05) is 32.8 Å². The molecule has 0 bridgehead atoms. The molecule has 2 amide bonds. The Kier molecular flexibility index (Phi) is 8.99. The summed E-state index contributed by atoms with van der Waals surface area (Å²) in [5, 5.41) is 5.39. The lowest BCUT2D eigenvalue weighted by atomic mass is 9.73. The molecule has 7 nitrogen and oxygen atoms in total. The van der Waals surface area contributed by atoms with E-state index in [1.807, 2.05) is 10.4 Å². The molecule has 1 N–H and O–H groups in total. The topological polar surface area (TPSA) is 74.8 Å². The summed E-state index contributed by atoms with van der Waals surface area (Å²) < 4.78 is 5.99. The summed E-state index contributed by atoms with van der Waals surface area (Å²) in [5.74, 6) is 0.520. The van der Waals surface area contributed by atoms with Gasteiger partial charge in [-0.2, -0.15) is 0 Å². The number of carbonyl (C=O) groups excluding carboxylic acids is 2. The van der Waals surface area contributed by atoms with Crippen LogP contribution < -0.4 is 5.32 Å². The van der Waals surface area contributed by atoms with Gasteiger partial charge in [-0.1, -0.05) is 26.7 Å². The highest BCUT2D eigenvalue weighted by Crippen LogP contribution is 2.38. The van der Waals surface area contributed by atoms with Gasteiger partial charge in [-0.15, -0.1) is 11.3 Å². The van der Waals surface area contributed by atoms with E-state index in [0.29, 0.717) is 18.9 Å². The number of piperidine rings is 1. The molecule has 1 aromatic heterocycles. The first-order chi connectivity index (χ1) is 16.5. The van der Waals surface area contributed by atoms with Gasteiger partial charge in [0.25, 0.3) is 0 Å². The number of ether oxygens (including phenoxy) is 1. The molecular formula is C26H42N4O3S. The number of amides is 2. The lowest BCUT2D eigenvalue weighted by Gasteiger charge is -2.42. The summed E-state index contributed by atoms with van der Waals surface area (Å²) in [6.07, 6.45) is 8.39. The monoisotopic (exact) mass is 490 g/mol. The van der Waals surface area contributed by atoms with Crippen molar-refractivity contribution in [1.82, 2.24) is 20.1 Å². The van der Waals surface area contributed by atoms with Gasteiger partial charge in [0.05, 0.1) is 29.3 Å². The minimum Gasteiger partial charge on any atom is -0.379 e. The van der Waals surface area contributed by atoms with Crippen LogP contribution in [0.2, 0.25) is 0 Å². The van der Waals surface area contributed by atoms with E-state index >= 15 is 0 Å². The third kappa shape index (κ3) is 6.38. The van der Waals surface area contributed by atoms with Gasteiger partial charge in [-0.25, -0.2) is 4.98 Å². The summed E-state index contributed by atoms with van der Waals surface area (Å²) in [6.45, 7) is 9.03. The maximum Gasteiger partial charge on any atom is 0.245 e. The summed E-state index contributed by atoms with van der Waals surface area (Å²) in [4.78, 5) is 36.3. The smallest absolute Gasteiger partial charge is 0.245 e. The normalized spacial score (nSPS) is 27.6. The van der Waals surface area contributed by atoms with Gasteiger partial charge in [0.15, 0.2) is 0 Å². The van der Waals surface area contributed by atoms with Crippen LogP contribution in [0.25, 0.3) is 0 Å². The van der Waals surface area contributed by atoms with Crippen LogP contribution in [0.1, 0.15) is 77.3 Å². The maximum atomic E-state index is 13.9. The molecule has 34 heavy (non-hydrogen) atoms. The molecule has 0 aliphatic carbocycles. The molecule has 0 aromatic carbocycles. The maximum absolute atomic E-state index is 13.9. The fourth-order valence-corrected chi connectivity index (χ4v) is 6.39. The first kappa shape index (κ1) is 25.6. The molecule has 0 unspecified atom stereocenters. The standard InChI is InChI=1S/C26H42N4O3S/c1-20(2)15-23-24(31)30-11-6-7-22(30)17-33-14-5-3-4-8-26(25(32)28-23)9-12-29(13-10-26)16-21-18-34-19-27-21/h18-20,22-23H,3-17H2,1-2H3,(H,28,32)/t22-,23-/m0/s1. The average molecular weight is 491 g/mol. The van der Waals surface area contributed by atoms with Crippen molar-refractivity contribution < 1.29 is 14.3 Å². The molecule has 3 fully saturated rings. The highest BCUT2D eigenvalue weighted by Gasteiger charge is 2.43. The van der Waals surface area contributed by atoms with Crippen molar-refractivity contribution in [2.24, 2.45) is 11.3 Å². The van der Waals surface area contributed by atoms with E-state index in [1.54, 1.807) is 11.3 Å². The third-order valence-corrected chi connectivity index (χ3v) is 8.52. The lowest BCUT2D eigenvalue weighted by molar-refractivity contribution is -0.143. The first-order valence-corrected chi connectivity index (χ1v) is 14.2. The van der Waals surface area contributed by atoms with Crippen LogP contribution in [-0.2, 0) is 20.9 Å². The number of hydrogen-bond donors (Lipinski definition) is 1. The highest BCUT2D eigenvalue weighted by molar-refractivity contribution is 7.07. The van der Waals surface area contributed by atoms with Crippen molar-refractivity contribution in [1.29, 1.82) is 0 Å². The van der Waals surface area contributed by atoms with Crippen LogP contribution in [0.4, 0.5) is 0 Å². The fourth-order valence-electron chi connectivity index (χ4n) is 5.84. The Labute approximate surface area is 208 Å². The second kappa shape index (κ2) is 12.0. The molecule has 4 heterocycles. The number of rotatable bonds is 4. The van der Waals surface area contributed by atoms with Crippen molar-refractivity contribution in [3.05, 3.63) is 16.6 Å². The number of nitrogens with one attached hydrogen (secondary N) is 1. The number of nitrogens with zero attached hydrogens (tertiary/aromatic N) is 3.